The average Bonchev–Trinajstić information content (AvgIpc) is 2.78. The minimum absolute atomic E-state index is 0.0499. The highest BCUT2D eigenvalue weighted by Crippen LogP contribution is 2.40. The van der Waals surface area contributed by atoms with Crippen LogP contribution in [0.4, 0.5) is 18.2 Å². The second-order valence-electron chi connectivity index (χ2n) is 4.21. The number of halogens is 3. The lowest BCUT2D eigenvalue weighted by Crippen LogP contribution is -2.48. The average molecular weight is 295 g/mol. The lowest BCUT2D eigenvalue weighted by atomic mass is 10.1. The predicted molar refractivity (Wildman–Crippen MR) is 64.2 cm³/mol. The fourth-order valence-corrected chi connectivity index (χ4v) is 2.87. The van der Waals surface area contributed by atoms with Gasteiger partial charge in [-0.05, 0) is 5.56 Å². The lowest BCUT2D eigenvalue weighted by Gasteiger charge is -2.35. The lowest BCUT2D eigenvalue weighted by molar-refractivity contribution is -0.380. The van der Waals surface area contributed by atoms with Gasteiger partial charge in [0.2, 0.25) is 0 Å². The normalized spacial score (nSPS) is 19.3. The number of piperazine rings is 1. The molecule has 0 aromatic carbocycles. The van der Waals surface area contributed by atoms with Crippen molar-refractivity contribution in [3.8, 4) is 0 Å². The molecule has 1 atom stereocenters. The number of nitro groups is 1. The molecule has 106 valence electrons. The molecule has 0 bridgehead atoms. The molecular formula is C10H12F3N3O2S. The van der Waals surface area contributed by atoms with Crippen molar-refractivity contribution in [1.29, 1.82) is 0 Å². The van der Waals surface area contributed by atoms with Crippen molar-refractivity contribution in [2.24, 2.45) is 0 Å². The molecule has 0 unspecified atom stereocenters. The molecule has 1 aliphatic heterocycles. The van der Waals surface area contributed by atoms with Crippen molar-refractivity contribution in [3.63, 3.8) is 0 Å². The van der Waals surface area contributed by atoms with Crippen LogP contribution in [0.1, 0.15) is 11.6 Å². The van der Waals surface area contributed by atoms with E-state index in [4.69, 9.17) is 0 Å². The van der Waals surface area contributed by atoms with Crippen molar-refractivity contribution in [1.82, 2.24) is 10.2 Å². The van der Waals surface area contributed by atoms with Crippen LogP contribution in [0.25, 0.3) is 0 Å². The predicted octanol–water partition coefficient (Wildman–Crippen LogP) is 2.16. The van der Waals surface area contributed by atoms with Gasteiger partial charge in [-0.15, -0.1) is 0 Å². The van der Waals surface area contributed by atoms with Gasteiger partial charge in [-0.3, -0.25) is 15.0 Å². The minimum atomic E-state index is -4.44. The molecule has 0 amide bonds. The van der Waals surface area contributed by atoms with Crippen molar-refractivity contribution >= 4 is 16.3 Å². The zero-order valence-corrected chi connectivity index (χ0v) is 10.6. The SMILES string of the molecule is O=[N+]([O-])c1cc([C@@H](N2CCNCC2)C(F)(F)F)cs1. The van der Waals surface area contributed by atoms with Crippen LogP contribution in [0, 0.1) is 10.1 Å². The van der Waals surface area contributed by atoms with Gasteiger partial charge in [-0.2, -0.15) is 13.2 Å². The summed E-state index contributed by atoms with van der Waals surface area (Å²) in [6.45, 7) is 1.51. The number of alkyl halides is 3. The fraction of sp³-hybridized carbons (Fsp3) is 0.600. The highest BCUT2D eigenvalue weighted by atomic mass is 32.1. The molecule has 5 nitrogen and oxygen atoms in total. The first-order valence-corrected chi connectivity index (χ1v) is 6.52. The Morgan fingerprint density at radius 2 is 2.05 bits per heavy atom. The molecule has 1 aliphatic rings. The molecular weight excluding hydrogens is 283 g/mol. The smallest absolute Gasteiger partial charge is 0.314 e. The quantitative estimate of drug-likeness (QED) is 0.686. The van der Waals surface area contributed by atoms with E-state index in [1.165, 1.54) is 10.3 Å². The molecule has 1 N–H and O–H groups in total. The van der Waals surface area contributed by atoms with Crippen molar-refractivity contribution in [2.45, 2.75) is 12.2 Å². The summed E-state index contributed by atoms with van der Waals surface area (Å²) in [5.41, 5.74) is -0.0499. The van der Waals surface area contributed by atoms with Gasteiger partial charge in [0.25, 0.3) is 0 Å². The summed E-state index contributed by atoms with van der Waals surface area (Å²) >= 11 is 0.725. The van der Waals surface area contributed by atoms with E-state index in [0.717, 1.165) is 17.4 Å². The molecule has 2 rings (SSSR count). The zero-order valence-electron chi connectivity index (χ0n) is 9.81. The fourth-order valence-electron chi connectivity index (χ4n) is 2.13. The monoisotopic (exact) mass is 295 g/mol. The number of thiophene rings is 1. The van der Waals surface area contributed by atoms with E-state index >= 15 is 0 Å². The Bertz CT molecular complexity index is 457. The van der Waals surface area contributed by atoms with Crippen molar-refractivity contribution in [2.75, 3.05) is 26.2 Å². The summed E-state index contributed by atoms with van der Waals surface area (Å²) < 4.78 is 39.5. The van der Waals surface area contributed by atoms with E-state index in [-0.39, 0.29) is 23.7 Å². The Kier molecular flexibility index (Phi) is 4.07. The van der Waals surface area contributed by atoms with Crippen LogP contribution in [0.5, 0.6) is 0 Å². The number of rotatable bonds is 3. The highest BCUT2D eigenvalue weighted by Gasteiger charge is 2.45. The maximum Gasteiger partial charge on any atom is 0.408 e. The minimum Gasteiger partial charge on any atom is -0.314 e. The number of nitrogens with one attached hydrogen (secondary N) is 1. The Labute approximate surface area is 111 Å². The molecule has 0 aliphatic carbocycles. The summed E-state index contributed by atoms with van der Waals surface area (Å²) in [5.74, 6) is 0. The third-order valence-corrected chi connectivity index (χ3v) is 3.83. The molecule has 1 fully saturated rings. The molecule has 0 saturated carbocycles. The summed E-state index contributed by atoms with van der Waals surface area (Å²) in [6, 6.07) is -0.746. The molecule has 1 saturated heterocycles. The van der Waals surface area contributed by atoms with Gasteiger partial charge < -0.3 is 5.32 Å². The molecule has 1 aromatic heterocycles. The summed E-state index contributed by atoms with van der Waals surface area (Å²) in [4.78, 5) is 11.2. The number of hydrogen-bond donors (Lipinski definition) is 1. The Hall–Kier alpha value is -1.19. The summed E-state index contributed by atoms with van der Waals surface area (Å²) in [5, 5.41) is 14.5. The zero-order chi connectivity index (χ0) is 14.0. The Balaban J connectivity index is 2.28. The second-order valence-corrected chi connectivity index (χ2v) is 5.10. The van der Waals surface area contributed by atoms with E-state index in [1.54, 1.807) is 0 Å². The summed E-state index contributed by atoms with van der Waals surface area (Å²) in [6.07, 6.45) is -4.44. The Morgan fingerprint density at radius 1 is 1.42 bits per heavy atom. The van der Waals surface area contributed by atoms with Crippen LogP contribution in [0.3, 0.4) is 0 Å². The van der Waals surface area contributed by atoms with Gasteiger partial charge in [0, 0.05) is 37.6 Å². The molecule has 1 aromatic rings. The van der Waals surface area contributed by atoms with Crippen LogP contribution in [-0.4, -0.2) is 42.2 Å². The van der Waals surface area contributed by atoms with E-state index in [2.05, 4.69) is 5.32 Å². The van der Waals surface area contributed by atoms with Gasteiger partial charge >= 0.3 is 11.2 Å². The largest absolute Gasteiger partial charge is 0.408 e. The molecule has 0 radical (unpaired) electrons. The van der Waals surface area contributed by atoms with Crippen molar-refractivity contribution in [3.05, 3.63) is 27.1 Å². The van der Waals surface area contributed by atoms with Crippen molar-refractivity contribution < 1.29 is 18.1 Å². The van der Waals surface area contributed by atoms with Gasteiger partial charge in [0.05, 0.1) is 4.92 Å². The maximum atomic E-state index is 13.2. The standard InChI is InChI=1S/C10H12F3N3O2S/c11-10(12,13)9(15-3-1-14-2-4-15)7-5-8(16(17)18)19-6-7/h5-6,9,14H,1-4H2/t9-/m1/s1. The molecule has 9 heteroatoms. The van der Waals surface area contributed by atoms with E-state index in [0.29, 0.717) is 13.1 Å². The first kappa shape index (κ1) is 14.2. The highest BCUT2D eigenvalue weighted by molar-refractivity contribution is 7.13. The van der Waals surface area contributed by atoms with Gasteiger partial charge in [0.1, 0.15) is 6.04 Å². The van der Waals surface area contributed by atoms with Crippen LogP contribution in [0.2, 0.25) is 0 Å². The molecule has 2 heterocycles. The summed E-state index contributed by atoms with van der Waals surface area (Å²) in [7, 11) is 0. The molecule has 19 heavy (non-hydrogen) atoms. The number of hydrogen-bond acceptors (Lipinski definition) is 5. The topological polar surface area (TPSA) is 58.4 Å². The Morgan fingerprint density at radius 3 is 2.53 bits per heavy atom. The van der Waals surface area contributed by atoms with E-state index in [1.807, 2.05) is 0 Å². The third-order valence-electron chi connectivity index (χ3n) is 2.93. The maximum absolute atomic E-state index is 13.2. The van der Waals surface area contributed by atoms with Gasteiger partial charge in [-0.1, -0.05) is 11.3 Å². The van der Waals surface area contributed by atoms with Crippen LogP contribution < -0.4 is 5.32 Å². The van der Waals surface area contributed by atoms with Gasteiger partial charge in [-0.25, -0.2) is 0 Å². The number of nitrogens with zero attached hydrogens (tertiary/aromatic N) is 2. The van der Waals surface area contributed by atoms with E-state index in [9.17, 15) is 23.3 Å². The first-order valence-electron chi connectivity index (χ1n) is 5.64. The van der Waals surface area contributed by atoms with Gasteiger partial charge in [0.15, 0.2) is 0 Å². The van der Waals surface area contributed by atoms with Crippen LogP contribution in [-0.2, 0) is 0 Å². The first-order chi connectivity index (χ1) is 8.89. The third kappa shape index (κ3) is 3.23. The molecule has 0 spiro atoms. The van der Waals surface area contributed by atoms with E-state index < -0.39 is 17.1 Å². The van der Waals surface area contributed by atoms with Crippen LogP contribution in [0.15, 0.2) is 11.4 Å². The second kappa shape index (κ2) is 5.43. The van der Waals surface area contributed by atoms with Crippen LogP contribution >= 0.6 is 11.3 Å².